The smallest absolute Gasteiger partial charge is 0.269 e. The molecule has 1 N–H and O–H groups in total. The molecule has 0 fully saturated rings. The van der Waals surface area contributed by atoms with E-state index in [1.54, 1.807) is 18.7 Å². The number of aryl methyl sites for hydroxylation is 2. The Balaban J connectivity index is 1.93. The molecule has 124 valence electrons. The third-order valence-corrected chi connectivity index (χ3v) is 4.18. The molecule has 0 radical (unpaired) electrons. The predicted octanol–water partition coefficient (Wildman–Crippen LogP) is 3.87. The van der Waals surface area contributed by atoms with Gasteiger partial charge in [-0.25, -0.2) is 0 Å². The summed E-state index contributed by atoms with van der Waals surface area (Å²) < 4.78 is 7.37. The fourth-order valence-electron chi connectivity index (χ4n) is 3.03. The first-order valence-corrected chi connectivity index (χ1v) is 8.02. The molecule has 3 rings (SSSR count). The summed E-state index contributed by atoms with van der Waals surface area (Å²) in [4.78, 5) is 17.0. The van der Waals surface area contributed by atoms with Crippen molar-refractivity contribution in [3.8, 4) is 11.3 Å². The number of nitrogens with zero attached hydrogens (tertiary/aromatic N) is 2. The molecule has 5 nitrogen and oxygen atoms in total. The number of carbonyl (C=O) groups is 1. The number of pyridine rings is 1. The molecule has 3 heterocycles. The second kappa shape index (κ2) is 6.74. The van der Waals surface area contributed by atoms with Gasteiger partial charge in [-0.05, 0) is 48.7 Å². The summed E-state index contributed by atoms with van der Waals surface area (Å²) in [6.07, 6.45) is 7.85. The first-order chi connectivity index (χ1) is 11.6. The van der Waals surface area contributed by atoms with E-state index in [0.29, 0.717) is 11.5 Å². The maximum atomic E-state index is 12.9. The van der Waals surface area contributed by atoms with Gasteiger partial charge in [0, 0.05) is 25.6 Å². The molecule has 0 aliphatic rings. The second-order valence-corrected chi connectivity index (χ2v) is 5.84. The minimum absolute atomic E-state index is 0.0554. The van der Waals surface area contributed by atoms with E-state index < -0.39 is 0 Å². The van der Waals surface area contributed by atoms with Gasteiger partial charge in [-0.15, -0.1) is 0 Å². The minimum Gasteiger partial charge on any atom is -0.464 e. The Bertz CT molecular complexity index is 820. The number of rotatable bonds is 5. The van der Waals surface area contributed by atoms with E-state index in [2.05, 4.69) is 17.2 Å². The summed E-state index contributed by atoms with van der Waals surface area (Å²) in [5.41, 5.74) is 3.50. The van der Waals surface area contributed by atoms with Crippen LogP contribution in [-0.2, 0) is 7.05 Å². The van der Waals surface area contributed by atoms with Crippen LogP contribution in [0.1, 0.15) is 41.0 Å². The van der Waals surface area contributed by atoms with Crippen LogP contribution >= 0.6 is 0 Å². The van der Waals surface area contributed by atoms with Crippen LogP contribution in [0.5, 0.6) is 0 Å². The highest BCUT2D eigenvalue weighted by Gasteiger charge is 2.23. The van der Waals surface area contributed by atoms with Gasteiger partial charge in [0.15, 0.2) is 0 Å². The van der Waals surface area contributed by atoms with Gasteiger partial charge in [-0.2, -0.15) is 0 Å². The van der Waals surface area contributed by atoms with Crippen LogP contribution in [0, 0.1) is 6.92 Å². The van der Waals surface area contributed by atoms with Crippen molar-refractivity contribution in [3.05, 3.63) is 65.9 Å². The number of furan rings is 1. The zero-order valence-corrected chi connectivity index (χ0v) is 14.1. The molecule has 1 unspecified atom stereocenters. The maximum Gasteiger partial charge on any atom is 0.269 e. The van der Waals surface area contributed by atoms with Gasteiger partial charge in [0.25, 0.3) is 5.91 Å². The topological polar surface area (TPSA) is 60.1 Å². The summed E-state index contributed by atoms with van der Waals surface area (Å²) in [5, 5.41) is 3.13. The monoisotopic (exact) mass is 323 g/mol. The first kappa shape index (κ1) is 16.1. The normalized spacial score (nSPS) is 12.1. The largest absolute Gasteiger partial charge is 0.464 e. The van der Waals surface area contributed by atoms with Crippen molar-refractivity contribution in [3.63, 3.8) is 0 Å². The highest BCUT2D eigenvalue weighted by atomic mass is 16.3. The van der Waals surface area contributed by atoms with E-state index in [0.717, 1.165) is 23.1 Å². The molecule has 0 saturated carbocycles. The minimum atomic E-state index is -0.110. The van der Waals surface area contributed by atoms with Gasteiger partial charge in [-0.3, -0.25) is 9.78 Å². The highest BCUT2D eigenvalue weighted by molar-refractivity contribution is 6.00. The Morgan fingerprint density at radius 1 is 1.33 bits per heavy atom. The molecule has 24 heavy (non-hydrogen) atoms. The number of aromatic nitrogens is 2. The van der Waals surface area contributed by atoms with E-state index in [1.807, 2.05) is 49.0 Å². The standard InChI is InChI=1S/C19H21N3O2/c1-4-15(14-7-9-20-10-8-14)21-19(23)18-17(13(2)12-22(18)3)16-6-5-11-24-16/h5-12,15H,4H2,1-3H3,(H,21,23). The van der Waals surface area contributed by atoms with Crippen LogP contribution in [0.2, 0.25) is 0 Å². The molecule has 0 aliphatic carbocycles. The van der Waals surface area contributed by atoms with Gasteiger partial charge in [-0.1, -0.05) is 6.92 Å². The number of carbonyl (C=O) groups excluding carboxylic acids is 1. The SMILES string of the molecule is CCC(NC(=O)c1c(-c2ccco2)c(C)cn1C)c1ccncc1. The third-order valence-electron chi connectivity index (χ3n) is 4.18. The number of amides is 1. The lowest BCUT2D eigenvalue weighted by Crippen LogP contribution is -2.30. The quantitative estimate of drug-likeness (QED) is 0.775. The van der Waals surface area contributed by atoms with Crippen LogP contribution in [-0.4, -0.2) is 15.5 Å². The van der Waals surface area contributed by atoms with Crippen LogP contribution < -0.4 is 5.32 Å². The Labute approximate surface area is 141 Å². The fraction of sp³-hybridized carbons (Fsp3) is 0.263. The Morgan fingerprint density at radius 2 is 2.08 bits per heavy atom. The van der Waals surface area contributed by atoms with Crippen molar-refractivity contribution in [2.75, 3.05) is 0 Å². The molecule has 5 heteroatoms. The van der Waals surface area contributed by atoms with Gasteiger partial charge in [0.2, 0.25) is 0 Å². The van der Waals surface area contributed by atoms with Crippen molar-refractivity contribution < 1.29 is 9.21 Å². The molecule has 3 aromatic rings. The van der Waals surface area contributed by atoms with Crippen molar-refractivity contribution in [1.29, 1.82) is 0 Å². The molecule has 0 aromatic carbocycles. The Morgan fingerprint density at radius 3 is 2.71 bits per heavy atom. The highest BCUT2D eigenvalue weighted by Crippen LogP contribution is 2.29. The zero-order valence-electron chi connectivity index (χ0n) is 14.1. The van der Waals surface area contributed by atoms with E-state index >= 15 is 0 Å². The molecule has 0 saturated heterocycles. The number of hydrogen-bond donors (Lipinski definition) is 1. The third kappa shape index (κ3) is 2.97. The van der Waals surface area contributed by atoms with Crippen molar-refractivity contribution in [2.24, 2.45) is 7.05 Å². The summed E-state index contributed by atoms with van der Waals surface area (Å²) in [7, 11) is 1.88. The van der Waals surface area contributed by atoms with E-state index in [9.17, 15) is 4.79 Å². The maximum absolute atomic E-state index is 12.9. The van der Waals surface area contributed by atoms with Gasteiger partial charge in [0.1, 0.15) is 11.5 Å². The number of hydrogen-bond acceptors (Lipinski definition) is 3. The van der Waals surface area contributed by atoms with Crippen molar-refractivity contribution >= 4 is 5.91 Å². The van der Waals surface area contributed by atoms with Crippen molar-refractivity contribution in [1.82, 2.24) is 14.9 Å². The van der Waals surface area contributed by atoms with Gasteiger partial charge >= 0.3 is 0 Å². The fourth-order valence-corrected chi connectivity index (χ4v) is 3.03. The van der Waals surface area contributed by atoms with Crippen molar-refractivity contribution in [2.45, 2.75) is 26.3 Å². The molecule has 0 aliphatic heterocycles. The Hall–Kier alpha value is -2.82. The van der Waals surface area contributed by atoms with Crippen LogP contribution in [0.15, 0.2) is 53.5 Å². The van der Waals surface area contributed by atoms with E-state index in [-0.39, 0.29) is 11.9 Å². The summed E-state index contributed by atoms with van der Waals surface area (Å²) >= 11 is 0. The lowest BCUT2D eigenvalue weighted by molar-refractivity contribution is 0.0928. The molecular formula is C19H21N3O2. The summed E-state index contributed by atoms with van der Waals surface area (Å²) in [6, 6.07) is 7.50. The average molecular weight is 323 g/mol. The van der Waals surface area contributed by atoms with Gasteiger partial charge < -0.3 is 14.3 Å². The van der Waals surface area contributed by atoms with Gasteiger partial charge in [0.05, 0.1) is 17.9 Å². The molecule has 0 bridgehead atoms. The molecule has 3 aromatic heterocycles. The predicted molar refractivity (Wildman–Crippen MR) is 92.6 cm³/mol. The molecular weight excluding hydrogens is 302 g/mol. The summed E-state index contributed by atoms with van der Waals surface area (Å²) in [5.74, 6) is 0.593. The molecule has 1 atom stereocenters. The average Bonchev–Trinajstić information content (AvgIpc) is 3.20. The van der Waals surface area contributed by atoms with Crippen LogP contribution in [0.4, 0.5) is 0 Å². The lowest BCUT2D eigenvalue weighted by atomic mass is 10.0. The molecule has 0 spiro atoms. The second-order valence-electron chi connectivity index (χ2n) is 5.84. The van der Waals surface area contributed by atoms with Crippen LogP contribution in [0.3, 0.4) is 0 Å². The number of nitrogens with one attached hydrogen (secondary N) is 1. The molecule has 1 amide bonds. The van der Waals surface area contributed by atoms with E-state index in [1.165, 1.54) is 0 Å². The Kier molecular flexibility index (Phi) is 4.51. The first-order valence-electron chi connectivity index (χ1n) is 8.02. The van der Waals surface area contributed by atoms with Crippen LogP contribution in [0.25, 0.3) is 11.3 Å². The zero-order chi connectivity index (χ0) is 17.1. The summed E-state index contributed by atoms with van der Waals surface area (Å²) in [6.45, 7) is 4.03. The van der Waals surface area contributed by atoms with E-state index in [4.69, 9.17) is 4.42 Å². The lowest BCUT2D eigenvalue weighted by Gasteiger charge is -2.18.